The number of ether oxygens (including phenoxy) is 1. The van der Waals surface area contributed by atoms with E-state index in [1.54, 1.807) is 7.11 Å². The van der Waals surface area contributed by atoms with Crippen LogP contribution in [0.2, 0.25) is 0 Å². The molecule has 0 saturated heterocycles. The largest absolute Gasteiger partial charge is 0.503 e. The Morgan fingerprint density at radius 3 is 2.43 bits per heavy atom. The normalized spacial score (nSPS) is 11.7. The minimum Gasteiger partial charge on any atom is -0.503 e. The van der Waals surface area contributed by atoms with E-state index in [0.29, 0.717) is 16.1 Å². The molecule has 0 aliphatic rings. The molecule has 4 nitrogen and oxygen atoms in total. The van der Waals surface area contributed by atoms with Crippen LogP contribution >= 0.6 is 15.9 Å². The third-order valence-corrected chi connectivity index (χ3v) is 3.81. The van der Waals surface area contributed by atoms with Crippen molar-refractivity contribution < 1.29 is 9.84 Å². The molecule has 0 bridgehead atoms. The molecule has 0 aliphatic carbocycles. The number of aromatic hydroxyl groups is 1. The number of methoxy groups -OCH3 is 1. The molecule has 1 N–H and O–H groups in total. The summed E-state index contributed by atoms with van der Waals surface area (Å²) in [4.78, 5) is 4.63. The maximum atomic E-state index is 9.89. The lowest BCUT2D eigenvalue weighted by Crippen LogP contribution is -2.34. The molecule has 0 saturated carbocycles. The van der Waals surface area contributed by atoms with Crippen LogP contribution in [-0.2, 0) is 6.54 Å². The standard InChI is InChI=1S/C16H27BrN2O2/c1-12(2)10-19(7-6-18(3)4)11-13-8-14(17)16(20)15(9-13)21-5/h8-9,12,20H,6-7,10-11H2,1-5H3. The van der Waals surface area contributed by atoms with Crippen LogP contribution in [0, 0.1) is 5.92 Å². The van der Waals surface area contributed by atoms with Gasteiger partial charge in [-0.15, -0.1) is 0 Å². The summed E-state index contributed by atoms with van der Waals surface area (Å²) in [5.41, 5.74) is 1.14. The molecule has 0 aliphatic heterocycles. The molecular weight excluding hydrogens is 332 g/mol. The molecular formula is C16H27BrN2O2. The molecule has 0 heterocycles. The van der Waals surface area contributed by atoms with Crippen molar-refractivity contribution in [2.75, 3.05) is 40.8 Å². The Labute approximate surface area is 136 Å². The first-order valence-corrected chi connectivity index (χ1v) is 8.05. The van der Waals surface area contributed by atoms with Crippen LogP contribution in [-0.4, -0.2) is 55.7 Å². The first-order chi connectivity index (χ1) is 9.83. The molecule has 120 valence electrons. The lowest BCUT2D eigenvalue weighted by atomic mass is 10.1. The summed E-state index contributed by atoms with van der Waals surface area (Å²) >= 11 is 3.38. The van der Waals surface area contributed by atoms with E-state index >= 15 is 0 Å². The molecule has 0 spiro atoms. The zero-order valence-electron chi connectivity index (χ0n) is 13.7. The van der Waals surface area contributed by atoms with E-state index in [1.807, 2.05) is 12.1 Å². The number of hydrogen-bond acceptors (Lipinski definition) is 4. The van der Waals surface area contributed by atoms with Gasteiger partial charge in [0.15, 0.2) is 11.5 Å². The second-order valence-electron chi connectivity index (χ2n) is 6.06. The van der Waals surface area contributed by atoms with E-state index in [4.69, 9.17) is 4.74 Å². The quantitative estimate of drug-likeness (QED) is 0.773. The number of benzene rings is 1. The summed E-state index contributed by atoms with van der Waals surface area (Å²) in [6, 6.07) is 3.86. The van der Waals surface area contributed by atoms with Crippen LogP contribution in [0.4, 0.5) is 0 Å². The molecule has 1 aromatic rings. The van der Waals surface area contributed by atoms with E-state index in [9.17, 15) is 5.11 Å². The lowest BCUT2D eigenvalue weighted by molar-refractivity contribution is 0.211. The molecule has 1 rings (SSSR count). The number of likely N-dealkylation sites (N-methyl/N-ethyl adjacent to an activating group) is 1. The van der Waals surface area contributed by atoms with Gasteiger partial charge in [0.25, 0.3) is 0 Å². The Balaban J connectivity index is 2.84. The summed E-state index contributed by atoms with van der Waals surface area (Å²) < 4.78 is 5.90. The molecule has 21 heavy (non-hydrogen) atoms. The van der Waals surface area contributed by atoms with Crippen molar-refractivity contribution in [3.05, 3.63) is 22.2 Å². The number of phenols is 1. The molecule has 1 aromatic carbocycles. The highest BCUT2D eigenvalue weighted by atomic mass is 79.9. The zero-order valence-corrected chi connectivity index (χ0v) is 15.3. The monoisotopic (exact) mass is 358 g/mol. The summed E-state index contributed by atoms with van der Waals surface area (Å²) in [6.07, 6.45) is 0. The minimum absolute atomic E-state index is 0.157. The Morgan fingerprint density at radius 1 is 1.24 bits per heavy atom. The van der Waals surface area contributed by atoms with Crippen LogP contribution in [0.15, 0.2) is 16.6 Å². The first kappa shape index (κ1) is 18.3. The number of rotatable bonds is 8. The summed E-state index contributed by atoms with van der Waals surface area (Å²) in [6.45, 7) is 8.41. The molecule has 0 amide bonds. The topological polar surface area (TPSA) is 35.9 Å². The molecule has 5 heteroatoms. The van der Waals surface area contributed by atoms with Gasteiger partial charge in [-0.25, -0.2) is 0 Å². The van der Waals surface area contributed by atoms with E-state index < -0.39 is 0 Å². The fourth-order valence-corrected chi connectivity index (χ4v) is 2.71. The van der Waals surface area contributed by atoms with Gasteiger partial charge in [0.2, 0.25) is 0 Å². The van der Waals surface area contributed by atoms with E-state index in [1.165, 1.54) is 0 Å². The van der Waals surface area contributed by atoms with Gasteiger partial charge in [0.05, 0.1) is 11.6 Å². The van der Waals surface area contributed by atoms with E-state index in [0.717, 1.165) is 31.7 Å². The molecule has 0 atom stereocenters. The van der Waals surface area contributed by atoms with Gasteiger partial charge >= 0.3 is 0 Å². The highest BCUT2D eigenvalue weighted by Crippen LogP contribution is 2.35. The van der Waals surface area contributed by atoms with Gasteiger partial charge in [-0.3, -0.25) is 4.90 Å². The highest BCUT2D eigenvalue weighted by Gasteiger charge is 2.13. The number of nitrogens with zero attached hydrogens (tertiary/aromatic N) is 2. The third-order valence-electron chi connectivity index (χ3n) is 3.20. The second-order valence-corrected chi connectivity index (χ2v) is 6.92. The Hall–Kier alpha value is -0.780. The van der Waals surface area contributed by atoms with Crippen molar-refractivity contribution in [2.45, 2.75) is 20.4 Å². The van der Waals surface area contributed by atoms with E-state index in [2.05, 4.69) is 53.7 Å². The predicted molar refractivity (Wildman–Crippen MR) is 91.0 cm³/mol. The van der Waals surface area contributed by atoms with Crippen molar-refractivity contribution in [1.29, 1.82) is 0 Å². The fourth-order valence-electron chi connectivity index (χ4n) is 2.23. The molecule has 0 aromatic heterocycles. The van der Waals surface area contributed by atoms with E-state index in [-0.39, 0.29) is 5.75 Å². The van der Waals surface area contributed by atoms with Crippen molar-refractivity contribution in [3.8, 4) is 11.5 Å². The van der Waals surface area contributed by atoms with Crippen LogP contribution < -0.4 is 4.74 Å². The third kappa shape index (κ3) is 6.24. The summed E-state index contributed by atoms with van der Waals surface area (Å²) in [5, 5.41) is 9.89. The second kappa shape index (κ2) is 8.61. The van der Waals surface area contributed by atoms with Crippen LogP contribution in [0.3, 0.4) is 0 Å². The van der Waals surface area contributed by atoms with Crippen molar-refractivity contribution >= 4 is 15.9 Å². The predicted octanol–water partition coefficient (Wildman–Crippen LogP) is 3.18. The average molecular weight is 359 g/mol. The average Bonchev–Trinajstić information content (AvgIpc) is 2.39. The van der Waals surface area contributed by atoms with Crippen LogP contribution in [0.25, 0.3) is 0 Å². The number of hydrogen-bond donors (Lipinski definition) is 1. The first-order valence-electron chi connectivity index (χ1n) is 7.26. The highest BCUT2D eigenvalue weighted by molar-refractivity contribution is 9.10. The molecule has 0 radical (unpaired) electrons. The number of halogens is 1. The Morgan fingerprint density at radius 2 is 1.90 bits per heavy atom. The lowest BCUT2D eigenvalue weighted by Gasteiger charge is -2.26. The summed E-state index contributed by atoms with van der Waals surface area (Å²) in [5.74, 6) is 1.29. The van der Waals surface area contributed by atoms with Gasteiger partial charge in [0.1, 0.15) is 0 Å². The Kier molecular flexibility index (Phi) is 7.49. The van der Waals surface area contributed by atoms with Gasteiger partial charge < -0.3 is 14.7 Å². The zero-order chi connectivity index (χ0) is 16.0. The maximum absolute atomic E-state index is 9.89. The van der Waals surface area contributed by atoms with Crippen LogP contribution in [0.5, 0.6) is 11.5 Å². The Bertz CT molecular complexity index is 450. The van der Waals surface area contributed by atoms with Gasteiger partial charge in [0, 0.05) is 26.2 Å². The van der Waals surface area contributed by atoms with Crippen molar-refractivity contribution in [2.24, 2.45) is 5.92 Å². The maximum Gasteiger partial charge on any atom is 0.172 e. The smallest absolute Gasteiger partial charge is 0.172 e. The van der Waals surface area contributed by atoms with Crippen LogP contribution in [0.1, 0.15) is 19.4 Å². The SMILES string of the molecule is COc1cc(CN(CCN(C)C)CC(C)C)cc(Br)c1O. The minimum atomic E-state index is 0.157. The van der Waals surface area contributed by atoms with Crippen molar-refractivity contribution in [3.63, 3.8) is 0 Å². The molecule has 0 fully saturated rings. The molecule has 0 unspecified atom stereocenters. The van der Waals surface area contributed by atoms with Gasteiger partial charge in [-0.2, -0.15) is 0 Å². The van der Waals surface area contributed by atoms with Gasteiger partial charge in [-0.05, 0) is 53.6 Å². The summed E-state index contributed by atoms with van der Waals surface area (Å²) in [7, 11) is 5.75. The fraction of sp³-hybridized carbons (Fsp3) is 0.625. The van der Waals surface area contributed by atoms with Crippen molar-refractivity contribution in [1.82, 2.24) is 9.80 Å². The van der Waals surface area contributed by atoms with Gasteiger partial charge in [-0.1, -0.05) is 13.8 Å². The number of phenolic OH excluding ortho intramolecular Hbond substituents is 1.